The third-order valence-electron chi connectivity index (χ3n) is 5.10. The van der Waals surface area contributed by atoms with Gasteiger partial charge in [0.25, 0.3) is 0 Å². The number of carboxylic acids is 1. The number of aliphatic carboxylic acids is 1. The van der Waals surface area contributed by atoms with Crippen LogP contribution in [0, 0.1) is 5.82 Å². The molecule has 7 N–H and O–H groups in total. The van der Waals surface area contributed by atoms with Crippen LogP contribution in [0.1, 0.15) is 12.5 Å². The zero-order valence-corrected chi connectivity index (χ0v) is 18.1. The van der Waals surface area contributed by atoms with Gasteiger partial charge in [0, 0.05) is 12.2 Å². The number of amides is 1. The first kappa shape index (κ1) is 25.2. The lowest BCUT2D eigenvalue weighted by Gasteiger charge is -2.39. The number of benzene rings is 2. The number of ether oxygens (including phenoxy) is 2. The summed E-state index contributed by atoms with van der Waals surface area (Å²) in [7, 11) is 0. The molecule has 11 nitrogen and oxygen atoms in total. The van der Waals surface area contributed by atoms with E-state index < -0.39 is 42.7 Å². The van der Waals surface area contributed by atoms with Crippen LogP contribution in [0.25, 0.3) is 0 Å². The van der Waals surface area contributed by atoms with Crippen molar-refractivity contribution >= 4 is 29.1 Å². The number of nitrogens with one attached hydrogen (secondary N) is 3. The van der Waals surface area contributed by atoms with Gasteiger partial charge in [-0.05, 0) is 42.8 Å². The predicted octanol–water partition coefficient (Wildman–Crippen LogP) is 1.31. The van der Waals surface area contributed by atoms with E-state index in [1.54, 1.807) is 31.2 Å². The Balaban J connectivity index is 1.83. The maximum absolute atomic E-state index is 13.1. The van der Waals surface area contributed by atoms with Crippen molar-refractivity contribution in [1.29, 1.82) is 0 Å². The fourth-order valence-electron chi connectivity index (χ4n) is 3.32. The molecule has 1 heterocycles. The SMILES string of the molecule is CCOC(=O)Nc1ccc(NCc2ccc(F)cc2)cc1NC1OC(C(=O)O)C(O)C(O)C1O. The Kier molecular flexibility index (Phi) is 8.23. The second kappa shape index (κ2) is 11.1. The van der Waals surface area contributed by atoms with Gasteiger partial charge >= 0.3 is 12.1 Å². The van der Waals surface area contributed by atoms with E-state index in [9.17, 15) is 34.4 Å². The number of hydrogen-bond acceptors (Lipinski definition) is 9. The first-order valence-electron chi connectivity index (χ1n) is 10.4. The third kappa shape index (κ3) is 6.11. The van der Waals surface area contributed by atoms with Crippen molar-refractivity contribution in [3.8, 4) is 0 Å². The van der Waals surface area contributed by atoms with Crippen molar-refractivity contribution in [3.63, 3.8) is 0 Å². The minimum atomic E-state index is -1.84. The Labute approximate surface area is 194 Å². The lowest BCUT2D eigenvalue weighted by molar-refractivity contribution is -0.221. The Morgan fingerprint density at radius 1 is 1.03 bits per heavy atom. The van der Waals surface area contributed by atoms with Gasteiger partial charge in [-0.2, -0.15) is 0 Å². The molecule has 12 heteroatoms. The average molecular weight is 479 g/mol. The first-order valence-corrected chi connectivity index (χ1v) is 10.4. The summed E-state index contributed by atoms with van der Waals surface area (Å²) in [5.41, 5.74) is 1.78. The van der Waals surface area contributed by atoms with Gasteiger partial charge in [-0.3, -0.25) is 5.32 Å². The van der Waals surface area contributed by atoms with E-state index in [1.807, 2.05) is 0 Å². The van der Waals surface area contributed by atoms with E-state index in [2.05, 4.69) is 16.0 Å². The molecule has 34 heavy (non-hydrogen) atoms. The number of halogens is 1. The maximum atomic E-state index is 13.1. The van der Waals surface area contributed by atoms with Gasteiger partial charge in [0.2, 0.25) is 0 Å². The maximum Gasteiger partial charge on any atom is 0.411 e. The minimum Gasteiger partial charge on any atom is -0.479 e. The molecular formula is C22H26FN3O8. The molecule has 0 spiro atoms. The number of carbonyl (C=O) groups is 2. The smallest absolute Gasteiger partial charge is 0.411 e. The monoisotopic (exact) mass is 479 g/mol. The number of aliphatic hydroxyl groups excluding tert-OH is 3. The molecule has 0 bridgehead atoms. The van der Waals surface area contributed by atoms with Crippen LogP contribution < -0.4 is 16.0 Å². The second-order valence-electron chi connectivity index (χ2n) is 7.52. The van der Waals surface area contributed by atoms with E-state index in [1.165, 1.54) is 18.2 Å². The van der Waals surface area contributed by atoms with Gasteiger partial charge in [-0.25, -0.2) is 14.0 Å². The zero-order valence-electron chi connectivity index (χ0n) is 18.1. The van der Waals surface area contributed by atoms with Crippen molar-refractivity contribution in [3.05, 3.63) is 53.8 Å². The number of anilines is 3. The highest BCUT2D eigenvalue weighted by molar-refractivity contribution is 5.90. The molecule has 0 aliphatic carbocycles. The Bertz CT molecular complexity index is 1010. The Hall–Kier alpha value is -3.45. The lowest BCUT2D eigenvalue weighted by Crippen LogP contribution is -2.61. The van der Waals surface area contributed by atoms with Crippen LogP contribution in [0.5, 0.6) is 0 Å². The molecule has 1 fully saturated rings. The van der Waals surface area contributed by atoms with Crippen LogP contribution in [-0.4, -0.2) is 69.7 Å². The number of hydrogen-bond donors (Lipinski definition) is 7. The molecule has 1 aliphatic heterocycles. The topological polar surface area (TPSA) is 170 Å². The number of carboxylic acid groups (broad SMARTS) is 1. The van der Waals surface area contributed by atoms with Crippen LogP contribution in [0.15, 0.2) is 42.5 Å². The van der Waals surface area contributed by atoms with Crippen molar-refractivity contribution in [2.75, 3.05) is 22.6 Å². The molecule has 1 aliphatic rings. The Morgan fingerprint density at radius 2 is 1.74 bits per heavy atom. The lowest BCUT2D eigenvalue weighted by atomic mass is 9.98. The molecule has 2 aromatic carbocycles. The van der Waals surface area contributed by atoms with Crippen LogP contribution >= 0.6 is 0 Å². The molecule has 0 saturated carbocycles. The van der Waals surface area contributed by atoms with Gasteiger partial charge in [-0.15, -0.1) is 0 Å². The summed E-state index contributed by atoms with van der Waals surface area (Å²) in [6, 6.07) is 10.6. The van der Waals surface area contributed by atoms with E-state index in [0.29, 0.717) is 12.2 Å². The second-order valence-corrected chi connectivity index (χ2v) is 7.52. The van der Waals surface area contributed by atoms with Crippen LogP contribution in [0.2, 0.25) is 0 Å². The highest BCUT2D eigenvalue weighted by atomic mass is 19.1. The molecule has 0 radical (unpaired) electrons. The molecular weight excluding hydrogens is 453 g/mol. The summed E-state index contributed by atoms with van der Waals surface area (Å²) >= 11 is 0. The molecule has 5 unspecified atom stereocenters. The van der Waals surface area contributed by atoms with Crippen molar-refractivity contribution in [1.82, 2.24) is 0 Å². The quantitative estimate of drug-likeness (QED) is 0.293. The third-order valence-corrected chi connectivity index (χ3v) is 5.10. The van der Waals surface area contributed by atoms with E-state index >= 15 is 0 Å². The number of carbonyl (C=O) groups excluding carboxylic acids is 1. The summed E-state index contributed by atoms with van der Waals surface area (Å²) in [4.78, 5) is 23.3. The molecule has 1 amide bonds. The predicted molar refractivity (Wildman–Crippen MR) is 119 cm³/mol. The molecule has 5 atom stereocenters. The molecule has 1 saturated heterocycles. The highest BCUT2D eigenvalue weighted by Gasteiger charge is 2.47. The zero-order chi connectivity index (χ0) is 24.8. The summed E-state index contributed by atoms with van der Waals surface area (Å²) in [6.45, 7) is 2.10. The van der Waals surface area contributed by atoms with Crippen LogP contribution in [0.4, 0.5) is 26.2 Å². The summed E-state index contributed by atoms with van der Waals surface area (Å²) in [5, 5.41) is 47.9. The van der Waals surface area contributed by atoms with Crippen molar-refractivity contribution in [2.45, 2.75) is 44.1 Å². The molecule has 3 rings (SSSR count). The molecule has 2 aromatic rings. The van der Waals surface area contributed by atoms with Crippen LogP contribution in [-0.2, 0) is 20.8 Å². The van der Waals surface area contributed by atoms with Crippen molar-refractivity contribution in [2.24, 2.45) is 0 Å². The van der Waals surface area contributed by atoms with Gasteiger partial charge in [-0.1, -0.05) is 12.1 Å². The minimum absolute atomic E-state index is 0.126. The molecule has 0 aromatic heterocycles. The first-order chi connectivity index (χ1) is 16.2. The highest BCUT2D eigenvalue weighted by Crippen LogP contribution is 2.30. The van der Waals surface area contributed by atoms with E-state index in [0.717, 1.165) is 5.56 Å². The summed E-state index contributed by atoms with van der Waals surface area (Å²) in [6.07, 6.45) is -9.30. The fourth-order valence-corrected chi connectivity index (χ4v) is 3.32. The summed E-state index contributed by atoms with van der Waals surface area (Å²) in [5.74, 6) is -1.88. The summed E-state index contributed by atoms with van der Waals surface area (Å²) < 4.78 is 23.3. The van der Waals surface area contributed by atoms with Crippen molar-refractivity contribution < 1.29 is 43.9 Å². The Morgan fingerprint density at radius 3 is 2.38 bits per heavy atom. The fraction of sp³-hybridized carbons (Fsp3) is 0.364. The average Bonchev–Trinajstić information content (AvgIpc) is 2.80. The van der Waals surface area contributed by atoms with Gasteiger partial charge in [0.15, 0.2) is 12.3 Å². The van der Waals surface area contributed by atoms with Gasteiger partial charge < -0.3 is 40.5 Å². The largest absolute Gasteiger partial charge is 0.479 e. The van der Waals surface area contributed by atoms with Gasteiger partial charge in [0.05, 0.1) is 18.0 Å². The van der Waals surface area contributed by atoms with E-state index in [4.69, 9.17) is 9.47 Å². The molecule has 184 valence electrons. The number of aliphatic hydroxyl groups is 3. The van der Waals surface area contributed by atoms with Crippen LogP contribution in [0.3, 0.4) is 0 Å². The number of rotatable bonds is 8. The van der Waals surface area contributed by atoms with E-state index in [-0.39, 0.29) is 23.8 Å². The standard InChI is InChI=1S/C22H26FN3O8/c1-2-33-22(32)26-14-8-7-13(24-10-11-3-5-12(23)6-4-11)9-15(14)25-20-18(29)16(27)17(28)19(34-20)21(30)31/h3-9,16-20,24-25,27-29H,2,10H2,1H3,(H,26,32)(H,30,31). The normalized spacial score (nSPS) is 24.2. The van der Waals surface area contributed by atoms with Gasteiger partial charge in [0.1, 0.15) is 24.1 Å².